The maximum atomic E-state index is 13.8. The Hall–Kier alpha value is -4.74. The summed E-state index contributed by atoms with van der Waals surface area (Å²) in [4.78, 5) is 33.0. The highest BCUT2D eigenvalue weighted by molar-refractivity contribution is 5.88. The topological polar surface area (TPSA) is 105 Å². The molecule has 2 aromatic heterocycles. The molecule has 11 nitrogen and oxygen atoms in total. The summed E-state index contributed by atoms with van der Waals surface area (Å²) in [7, 11) is 3.78. The molecule has 1 amide bonds. The first-order valence-electron chi connectivity index (χ1n) is 15.1. The SMILES string of the molecule is COc1cc(NC(CN(C(=O)Oc2c(C)cccc2C)c2ccncn2)c2ccccn2)ccc1OCCN1CCN(C)CC1. The minimum absolute atomic E-state index is 0.170. The zero-order valence-corrected chi connectivity index (χ0v) is 26.3. The lowest BCUT2D eigenvalue weighted by atomic mass is 10.1. The Bertz CT molecular complexity index is 1510. The van der Waals surface area contributed by atoms with Gasteiger partial charge < -0.3 is 24.4 Å². The highest BCUT2D eigenvalue weighted by atomic mass is 16.6. The molecule has 0 radical (unpaired) electrons. The smallest absolute Gasteiger partial charge is 0.421 e. The molecule has 2 aromatic carbocycles. The average molecular weight is 612 g/mol. The number of nitrogens with zero attached hydrogens (tertiary/aromatic N) is 6. The third-order valence-corrected chi connectivity index (χ3v) is 7.84. The van der Waals surface area contributed by atoms with Gasteiger partial charge >= 0.3 is 6.09 Å². The van der Waals surface area contributed by atoms with Crippen molar-refractivity contribution in [2.45, 2.75) is 19.9 Å². The fourth-order valence-corrected chi connectivity index (χ4v) is 5.22. The number of rotatable bonds is 12. The maximum absolute atomic E-state index is 13.8. The summed E-state index contributed by atoms with van der Waals surface area (Å²) in [5, 5.41) is 3.55. The van der Waals surface area contributed by atoms with E-state index in [1.807, 2.05) is 68.4 Å². The molecule has 0 saturated carbocycles. The molecule has 45 heavy (non-hydrogen) atoms. The van der Waals surface area contributed by atoms with Gasteiger partial charge in [-0.15, -0.1) is 0 Å². The van der Waals surface area contributed by atoms with Gasteiger partial charge in [0.2, 0.25) is 0 Å². The lowest BCUT2D eigenvalue weighted by Gasteiger charge is -2.32. The number of likely N-dealkylation sites (N-methyl/N-ethyl adjacent to an activating group) is 1. The van der Waals surface area contributed by atoms with E-state index in [1.165, 1.54) is 11.2 Å². The van der Waals surface area contributed by atoms with Gasteiger partial charge in [-0.05, 0) is 62.4 Å². The van der Waals surface area contributed by atoms with E-state index in [9.17, 15) is 4.79 Å². The van der Waals surface area contributed by atoms with Gasteiger partial charge in [-0.2, -0.15) is 0 Å². The number of methoxy groups -OCH3 is 1. The van der Waals surface area contributed by atoms with Gasteiger partial charge in [-0.25, -0.2) is 14.8 Å². The lowest BCUT2D eigenvalue weighted by molar-refractivity contribution is 0.133. The summed E-state index contributed by atoms with van der Waals surface area (Å²) in [5.41, 5.74) is 3.24. The Morgan fingerprint density at radius 2 is 1.76 bits per heavy atom. The Kier molecular flexibility index (Phi) is 10.8. The Labute approximate surface area is 264 Å². The maximum Gasteiger partial charge on any atom is 0.421 e. The minimum Gasteiger partial charge on any atom is -0.493 e. The monoisotopic (exact) mass is 611 g/mol. The van der Waals surface area contributed by atoms with E-state index >= 15 is 0 Å². The number of carbonyl (C=O) groups is 1. The van der Waals surface area contributed by atoms with Crippen molar-refractivity contribution in [3.8, 4) is 17.2 Å². The van der Waals surface area contributed by atoms with Gasteiger partial charge in [-0.3, -0.25) is 14.8 Å². The molecule has 1 N–H and O–H groups in total. The van der Waals surface area contributed by atoms with Crippen molar-refractivity contribution >= 4 is 17.6 Å². The van der Waals surface area contributed by atoms with E-state index < -0.39 is 12.1 Å². The summed E-state index contributed by atoms with van der Waals surface area (Å²) in [6, 6.07) is 18.4. The van der Waals surface area contributed by atoms with Gasteiger partial charge in [0.1, 0.15) is 24.5 Å². The number of amides is 1. The molecule has 236 valence electrons. The number of hydrogen-bond donors (Lipinski definition) is 1. The quantitative estimate of drug-likeness (QED) is 0.236. The molecule has 1 fully saturated rings. The van der Waals surface area contributed by atoms with E-state index in [0.29, 0.717) is 29.7 Å². The van der Waals surface area contributed by atoms with E-state index in [1.54, 1.807) is 25.6 Å². The van der Waals surface area contributed by atoms with E-state index in [0.717, 1.165) is 55.2 Å². The zero-order valence-electron chi connectivity index (χ0n) is 26.3. The van der Waals surface area contributed by atoms with Crippen LogP contribution in [0.2, 0.25) is 0 Å². The van der Waals surface area contributed by atoms with Gasteiger partial charge in [0.15, 0.2) is 11.5 Å². The van der Waals surface area contributed by atoms with Crippen molar-refractivity contribution in [1.29, 1.82) is 0 Å². The second-order valence-electron chi connectivity index (χ2n) is 11.1. The van der Waals surface area contributed by atoms with Crippen LogP contribution in [0, 0.1) is 13.8 Å². The molecule has 1 saturated heterocycles. The van der Waals surface area contributed by atoms with Crippen LogP contribution in [-0.4, -0.2) is 90.9 Å². The standard InChI is InChI=1S/C34H41N7O4/c1-25-8-7-9-26(2)33(25)45-34(42)41(32-13-15-35-24-37-32)23-29(28-10-5-6-14-36-28)38-27-11-12-30(31(22-27)43-4)44-21-20-40-18-16-39(3)17-19-40/h5-15,22,24,29,38H,16-21,23H2,1-4H3. The van der Waals surface area contributed by atoms with E-state index in [-0.39, 0.29) is 6.54 Å². The molecule has 4 aromatic rings. The van der Waals surface area contributed by atoms with Gasteiger partial charge in [0, 0.05) is 56.9 Å². The summed E-state index contributed by atoms with van der Waals surface area (Å²) < 4.78 is 17.8. The first-order valence-corrected chi connectivity index (χ1v) is 15.1. The lowest BCUT2D eigenvalue weighted by Crippen LogP contribution is -2.45. The number of nitrogens with one attached hydrogen (secondary N) is 1. The Morgan fingerprint density at radius 1 is 0.956 bits per heavy atom. The van der Waals surface area contributed by atoms with Gasteiger partial charge in [0.05, 0.1) is 25.4 Å². The number of aromatic nitrogens is 3. The number of piperazine rings is 1. The summed E-state index contributed by atoms with van der Waals surface area (Å²) >= 11 is 0. The average Bonchev–Trinajstić information content (AvgIpc) is 3.07. The van der Waals surface area contributed by atoms with Crippen LogP contribution >= 0.6 is 0 Å². The molecule has 0 aliphatic carbocycles. The summed E-state index contributed by atoms with van der Waals surface area (Å²) in [6.07, 6.45) is 4.17. The molecule has 1 aliphatic rings. The zero-order chi connectivity index (χ0) is 31.6. The predicted octanol–water partition coefficient (Wildman–Crippen LogP) is 4.98. The van der Waals surface area contributed by atoms with Crippen LogP contribution in [0.1, 0.15) is 22.9 Å². The first kappa shape index (κ1) is 31.7. The molecule has 0 bridgehead atoms. The number of para-hydroxylation sites is 1. The molecule has 1 atom stereocenters. The molecule has 3 heterocycles. The normalized spacial score (nSPS) is 14.4. The highest BCUT2D eigenvalue weighted by Crippen LogP contribution is 2.32. The van der Waals surface area contributed by atoms with Crippen LogP contribution in [0.3, 0.4) is 0 Å². The first-order chi connectivity index (χ1) is 21.9. The van der Waals surface area contributed by atoms with Crippen LogP contribution in [0.5, 0.6) is 17.2 Å². The fraction of sp³-hybridized carbons (Fsp3) is 0.353. The van der Waals surface area contributed by atoms with Crippen molar-refractivity contribution in [1.82, 2.24) is 24.8 Å². The van der Waals surface area contributed by atoms with Gasteiger partial charge in [0.25, 0.3) is 0 Å². The van der Waals surface area contributed by atoms with Crippen molar-refractivity contribution in [2.75, 3.05) is 70.2 Å². The number of aryl methyl sites for hydroxylation is 2. The molecule has 5 rings (SSSR count). The Balaban J connectivity index is 1.35. The molecule has 1 unspecified atom stereocenters. The van der Waals surface area contributed by atoms with Crippen LogP contribution in [0.15, 0.2) is 79.4 Å². The molecule has 11 heteroatoms. The molecule has 1 aliphatic heterocycles. The molecular weight excluding hydrogens is 570 g/mol. The van der Waals surface area contributed by atoms with Crippen LogP contribution in [0.4, 0.5) is 16.3 Å². The number of hydrogen-bond acceptors (Lipinski definition) is 10. The minimum atomic E-state index is -0.560. The molecule has 0 spiro atoms. The Morgan fingerprint density at radius 3 is 2.44 bits per heavy atom. The van der Waals surface area contributed by atoms with Crippen molar-refractivity contribution in [3.05, 3.63) is 96.2 Å². The second-order valence-corrected chi connectivity index (χ2v) is 11.1. The summed E-state index contributed by atoms with van der Waals surface area (Å²) in [6.45, 7) is 9.64. The van der Waals surface area contributed by atoms with Crippen molar-refractivity contribution in [3.63, 3.8) is 0 Å². The van der Waals surface area contributed by atoms with Crippen molar-refractivity contribution in [2.24, 2.45) is 0 Å². The third-order valence-electron chi connectivity index (χ3n) is 7.84. The van der Waals surface area contributed by atoms with Crippen LogP contribution in [0.25, 0.3) is 0 Å². The number of pyridine rings is 1. The van der Waals surface area contributed by atoms with E-state index in [2.05, 4.69) is 37.1 Å². The highest BCUT2D eigenvalue weighted by Gasteiger charge is 2.27. The number of benzene rings is 2. The van der Waals surface area contributed by atoms with E-state index in [4.69, 9.17) is 14.2 Å². The summed E-state index contributed by atoms with van der Waals surface area (Å²) in [5.74, 6) is 2.22. The number of carbonyl (C=O) groups excluding carboxylic acids is 1. The van der Waals surface area contributed by atoms with Crippen LogP contribution in [-0.2, 0) is 0 Å². The van der Waals surface area contributed by atoms with Crippen molar-refractivity contribution < 1.29 is 19.0 Å². The fourth-order valence-electron chi connectivity index (χ4n) is 5.22. The third kappa shape index (κ3) is 8.46. The number of ether oxygens (including phenoxy) is 3. The number of anilines is 2. The van der Waals surface area contributed by atoms with Crippen LogP contribution < -0.4 is 24.4 Å². The van der Waals surface area contributed by atoms with Gasteiger partial charge in [-0.1, -0.05) is 24.3 Å². The molecular formula is C34H41N7O4. The largest absolute Gasteiger partial charge is 0.493 e. The second kappa shape index (κ2) is 15.3. The predicted molar refractivity (Wildman–Crippen MR) is 174 cm³/mol.